The van der Waals surface area contributed by atoms with Crippen molar-refractivity contribution in [3.63, 3.8) is 0 Å². The molecule has 0 fully saturated rings. The maximum Gasteiger partial charge on any atom is 0.259 e. The number of benzene rings is 1. The van der Waals surface area contributed by atoms with E-state index < -0.39 is 5.38 Å². The minimum Gasteiger partial charge on any atom is -0.339 e. The van der Waals surface area contributed by atoms with E-state index in [0.717, 1.165) is 5.69 Å². The third-order valence-corrected chi connectivity index (χ3v) is 3.85. The lowest BCUT2D eigenvalue weighted by Crippen LogP contribution is -2.31. The molecule has 1 heterocycles. The molecule has 1 atom stereocenters. The molecule has 7 heteroatoms. The third kappa shape index (κ3) is 3.76. The minimum atomic E-state index is -0.722. The van der Waals surface area contributed by atoms with Gasteiger partial charge in [0.25, 0.3) is 5.91 Å². The Bertz CT molecular complexity index is 709. The summed E-state index contributed by atoms with van der Waals surface area (Å²) < 4.78 is 1.54. The van der Waals surface area contributed by atoms with Crippen molar-refractivity contribution in [1.29, 1.82) is 0 Å². The van der Waals surface area contributed by atoms with Gasteiger partial charge in [0, 0.05) is 13.1 Å². The number of nitrogens with zero attached hydrogens (tertiary/aromatic N) is 3. The number of aromatic nitrogens is 2. The molecular weight excluding hydrogens is 328 g/mol. The Morgan fingerprint density at radius 3 is 2.42 bits per heavy atom. The second-order valence-corrected chi connectivity index (χ2v) is 5.89. The molecule has 1 unspecified atom stereocenters. The van der Waals surface area contributed by atoms with Crippen molar-refractivity contribution in [3.05, 3.63) is 42.1 Å². The van der Waals surface area contributed by atoms with E-state index in [4.69, 9.17) is 11.6 Å². The first kappa shape index (κ1) is 18.0. The smallest absolute Gasteiger partial charge is 0.259 e. The van der Waals surface area contributed by atoms with Gasteiger partial charge in [-0.3, -0.25) is 9.59 Å². The lowest BCUT2D eigenvalue weighted by atomic mass is 10.2. The van der Waals surface area contributed by atoms with E-state index in [-0.39, 0.29) is 11.8 Å². The number of hydrogen-bond donors (Lipinski definition) is 1. The van der Waals surface area contributed by atoms with Crippen LogP contribution in [0, 0.1) is 0 Å². The van der Waals surface area contributed by atoms with Crippen LogP contribution < -0.4 is 5.32 Å². The first-order chi connectivity index (χ1) is 11.5. The quantitative estimate of drug-likeness (QED) is 0.816. The van der Waals surface area contributed by atoms with Gasteiger partial charge in [0.1, 0.15) is 16.8 Å². The standard InChI is InChI=1S/C17H21ClN4O2/c1-4-21(5-2)17(24)14-11-19-22(13-9-7-6-8-10-13)15(14)20-16(23)12(3)18/h6-12H,4-5H2,1-3H3,(H,20,23). The van der Waals surface area contributed by atoms with Crippen molar-refractivity contribution < 1.29 is 9.59 Å². The molecule has 0 aliphatic heterocycles. The summed E-state index contributed by atoms with van der Waals surface area (Å²) in [5.41, 5.74) is 1.09. The lowest BCUT2D eigenvalue weighted by Gasteiger charge is -2.19. The van der Waals surface area contributed by atoms with Crippen molar-refractivity contribution in [2.45, 2.75) is 26.1 Å². The maximum absolute atomic E-state index is 12.7. The molecule has 1 aromatic carbocycles. The highest BCUT2D eigenvalue weighted by Crippen LogP contribution is 2.22. The Hall–Kier alpha value is -2.34. The Morgan fingerprint density at radius 2 is 1.88 bits per heavy atom. The molecule has 2 rings (SSSR count). The molecule has 0 bridgehead atoms. The zero-order valence-corrected chi connectivity index (χ0v) is 14.7. The highest BCUT2D eigenvalue weighted by Gasteiger charge is 2.24. The summed E-state index contributed by atoms with van der Waals surface area (Å²) in [6.07, 6.45) is 1.47. The molecule has 6 nitrogen and oxygen atoms in total. The van der Waals surface area contributed by atoms with Crippen molar-refractivity contribution in [2.75, 3.05) is 18.4 Å². The molecule has 0 radical (unpaired) electrons. The zero-order chi connectivity index (χ0) is 17.7. The fourth-order valence-corrected chi connectivity index (χ4v) is 2.34. The van der Waals surface area contributed by atoms with E-state index in [9.17, 15) is 9.59 Å². The number of hydrogen-bond acceptors (Lipinski definition) is 3. The topological polar surface area (TPSA) is 67.2 Å². The van der Waals surface area contributed by atoms with Crippen LogP contribution in [0.15, 0.2) is 36.5 Å². The summed E-state index contributed by atoms with van der Waals surface area (Å²) in [7, 11) is 0. The molecule has 24 heavy (non-hydrogen) atoms. The van der Waals surface area contributed by atoms with Gasteiger partial charge in [0.05, 0.1) is 11.9 Å². The monoisotopic (exact) mass is 348 g/mol. The van der Waals surface area contributed by atoms with Gasteiger partial charge in [0.2, 0.25) is 5.91 Å². The summed E-state index contributed by atoms with van der Waals surface area (Å²) in [6.45, 7) is 6.53. The Morgan fingerprint density at radius 1 is 1.25 bits per heavy atom. The molecule has 1 N–H and O–H groups in total. The highest BCUT2D eigenvalue weighted by molar-refractivity contribution is 6.32. The summed E-state index contributed by atoms with van der Waals surface area (Å²) in [6, 6.07) is 9.29. The Balaban J connectivity index is 2.50. The van der Waals surface area contributed by atoms with E-state index in [2.05, 4.69) is 10.4 Å². The number of carbonyl (C=O) groups excluding carboxylic acids is 2. The number of carbonyl (C=O) groups is 2. The molecule has 128 valence electrons. The molecule has 1 aromatic heterocycles. The molecular formula is C17H21ClN4O2. The highest BCUT2D eigenvalue weighted by atomic mass is 35.5. The normalized spacial score (nSPS) is 11.8. The third-order valence-electron chi connectivity index (χ3n) is 3.65. The van der Waals surface area contributed by atoms with Gasteiger partial charge in [0.15, 0.2) is 0 Å². The van der Waals surface area contributed by atoms with Crippen LogP contribution in [0.1, 0.15) is 31.1 Å². The molecule has 2 amide bonds. The average Bonchev–Trinajstić information content (AvgIpc) is 3.00. The average molecular weight is 349 g/mol. The van der Waals surface area contributed by atoms with E-state index >= 15 is 0 Å². The van der Waals surface area contributed by atoms with Gasteiger partial charge >= 0.3 is 0 Å². The first-order valence-corrected chi connectivity index (χ1v) is 8.30. The van der Waals surface area contributed by atoms with Crippen molar-refractivity contribution in [2.24, 2.45) is 0 Å². The SMILES string of the molecule is CCN(CC)C(=O)c1cnn(-c2ccccc2)c1NC(=O)C(C)Cl. The molecule has 0 saturated heterocycles. The molecule has 0 spiro atoms. The molecule has 0 saturated carbocycles. The summed E-state index contributed by atoms with van der Waals surface area (Å²) in [5, 5.41) is 6.28. The first-order valence-electron chi connectivity index (χ1n) is 7.87. The van der Waals surface area contributed by atoms with Crippen LogP contribution in [-0.4, -0.2) is 45.0 Å². The predicted octanol–water partition coefficient (Wildman–Crippen LogP) is 2.92. The number of nitrogens with one attached hydrogen (secondary N) is 1. The summed E-state index contributed by atoms with van der Waals surface area (Å²) >= 11 is 5.86. The molecule has 0 aliphatic carbocycles. The fraction of sp³-hybridized carbons (Fsp3) is 0.353. The van der Waals surface area contributed by atoms with Crippen LogP contribution in [0.2, 0.25) is 0 Å². The molecule has 0 aliphatic rings. The number of alkyl halides is 1. The van der Waals surface area contributed by atoms with Crippen molar-refractivity contribution >= 4 is 29.2 Å². The van der Waals surface area contributed by atoms with Crippen molar-refractivity contribution in [1.82, 2.24) is 14.7 Å². The van der Waals surface area contributed by atoms with Gasteiger partial charge in [-0.2, -0.15) is 5.10 Å². The molecule has 2 aromatic rings. The predicted molar refractivity (Wildman–Crippen MR) is 94.8 cm³/mol. The van der Waals surface area contributed by atoms with E-state index in [1.54, 1.807) is 11.8 Å². The second kappa shape index (κ2) is 7.97. The zero-order valence-electron chi connectivity index (χ0n) is 14.0. The number of rotatable bonds is 6. The van der Waals surface area contributed by atoms with Crippen LogP contribution in [0.4, 0.5) is 5.82 Å². The van der Waals surface area contributed by atoms with Gasteiger partial charge in [-0.15, -0.1) is 11.6 Å². The Labute approximate surface area is 146 Å². The number of halogens is 1. The van der Waals surface area contributed by atoms with Gasteiger partial charge in [-0.25, -0.2) is 4.68 Å². The van der Waals surface area contributed by atoms with Crippen LogP contribution >= 0.6 is 11.6 Å². The fourth-order valence-electron chi connectivity index (χ4n) is 2.29. The van der Waals surface area contributed by atoms with Crippen LogP contribution in [0.5, 0.6) is 0 Å². The van der Waals surface area contributed by atoms with Gasteiger partial charge in [-0.05, 0) is 32.9 Å². The van der Waals surface area contributed by atoms with Gasteiger partial charge in [-0.1, -0.05) is 18.2 Å². The van der Waals surface area contributed by atoms with Crippen molar-refractivity contribution in [3.8, 4) is 5.69 Å². The number of amides is 2. The largest absolute Gasteiger partial charge is 0.339 e. The van der Waals surface area contributed by atoms with E-state index in [1.165, 1.54) is 10.9 Å². The number of anilines is 1. The van der Waals surface area contributed by atoms with Crippen LogP contribution in [0.3, 0.4) is 0 Å². The maximum atomic E-state index is 12.7. The van der Waals surface area contributed by atoms with Crippen LogP contribution in [0.25, 0.3) is 5.69 Å². The lowest BCUT2D eigenvalue weighted by molar-refractivity contribution is -0.115. The van der Waals surface area contributed by atoms with E-state index in [0.29, 0.717) is 24.5 Å². The van der Waals surface area contributed by atoms with E-state index in [1.807, 2.05) is 44.2 Å². The second-order valence-electron chi connectivity index (χ2n) is 5.24. The van der Waals surface area contributed by atoms with Gasteiger partial charge < -0.3 is 10.2 Å². The van der Waals surface area contributed by atoms with Crippen LogP contribution in [-0.2, 0) is 4.79 Å². The summed E-state index contributed by atoms with van der Waals surface area (Å²) in [5.74, 6) is -0.238. The Kier molecular flexibility index (Phi) is 5.98. The minimum absolute atomic E-state index is 0.181. The number of para-hydroxylation sites is 1. The summed E-state index contributed by atoms with van der Waals surface area (Å²) in [4.78, 5) is 26.5.